The number of hydrogen-bond donors (Lipinski definition) is 2. The van der Waals surface area contributed by atoms with E-state index in [-0.39, 0.29) is 23.2 Å². The third kappa shape index (κ3) is 5.06. The van der Waals surface area contributed by atoms with Crippen molar-refractivity contribution in [1.82, 2.24) is 10.2 Å². The standard InChI is InChI=1S/C20H30N4O4/c1-16(19(25)22-17-5-7-18(8-6-17)24(26)27)21-15-20(9-3-2-4-10-20)23-11-13-28-14-12-23/h5-8,16,21H,2-4,9-15H2,1H3,(H,22,25). The first kappa shape index (κ1) is 20.7. The summed E-state index contributed by atoms with van der Waals surface area (Å²) in [4.78, 5) is 25.4. The number of amides is 1. The number of carbonyl (C=O) groups is 1. The first-order valence-corrected chi connectivity index (χ1v) is 10.1. The van der Waals surface area contributed by atoms with Gasteiger partial charge in [-0.15, -0.1) is 0 Å². The molecule has 1 aromatic rings. The molecule has 2 aliphatic rings. The van der Waals surface area contributed by atoms with Crippen molar-refractivity contribution in [3.8, 4) is 0 Å². The van der Waals surface area contributed by atoms with Crippen LogP contribution in [-0.2, 0) is 9.53 Å². The molecule has 1 saturated heterocycles. The number of benzene rings is 1. The summed E-state index contributed by atoms with van der Waals surface area (Å²) >= 11 is 0. The number of non-ortho nitro benzene ring substituents is 1. The number of ether oxygens (including phenoxy) is 1. The van der Waals surface area contributed by atoms with Crippen LogP contribution in [0, 0.1) is 10.1 Å². The molecule has 8 heteroatoms. The van der Waals surface area contributed by atoms with Crippen molar-refractivity contribution in [1.29, 1.82) is 0 Å². The fraction of sp³-hybridized carbons (Fsp3) is 0.650. The molecule has 1 aliphatic carbocycles. The number of morpholine rings is 1. The second-order valence-electron chi connectivity index (χ2n) is 7.78. The van der Waals surface area contributed by atoms with Crippen LogP contribution in [0.15, 0.2) is 24.3 Å². The highest BCUT2D eigenvalue weighted by Gasteiger charge is 2.38. The smallest absolute Gasteiger partial charge is 0.269 e. The summed E-state index contributed by atoms with van der Waals surface area (Å²) in [5, 5.41) is 17.0. The number of nitrogens with one attached hydrogen (secondary N) is 2. The Hall–Kier alpha value is -2.03. The predicted octanol–water partition coefficient (Wildman–Crippen LogP) is 2.55. The summed E-state index contributed by atoms with van der Waals surface area (Å²) in [6, 6.07) is 5.54. The van der Waals surface area contributed by atoms with Gasteiger partial charge in [-0.25, -0.2) is 0 Å². The van der Waals surface area contributed by atoms with Crippen LogP contribution in [0.1, 0.15) is 39.0 Å². The minimum absolute atomic E-state index is 0.00826. The highest BCUT2D eigenvalue weighted by atomic mass is 16.6. The van der Waals surface area contributed by atoms with Gasteiger partial charge in [-0.3, -0.25) is 19.8 Å². The Labute approximate surface area is 165 Å². The first-order chi connectivity index (χ1) is 13.5. The maximum absolute atomic E-state index is 12.5. The van der Waals surface area contributed by atoms with Crippen LogP contribution < -0.4 is 10.6 Å². The monoisotopic (exact) mass is 390 g/mol. The molecule has 3 rings (SSSR count). The van der Waals surface area contributed by atoms with Crippen molar-refractivity contribution in [3.63, 3.8) is 0 Å². The molecule has 1 amide bonds. The van der Waals surface area contributed by atoms with E-state index in [9.17, 15) is 14.9 Å². The average Bonchev–Trinajstić information content (AvgIpc) is 2.73. The number of nitro benzene ring substituents is 1. The van der Waals surface area contributed by atoms with E-state index < -0.39 is 4.92 Å². The fourth-order valence-electron chi connectivity index (χ4n) is 4.21. The number of hydrogen-bond acceptors (Lipinski definition) is 6. The molecule has 1 atom stereocenters. The van der Waals surface area contributed by atoms with Crippen LogP contribution in [0.5, 0.6) is 0 Å². The lowest BCUT2D eigenvalue weighted by Gasteiger charge is -2.48. The Bertz CT molecular complexity index is 667. The molecular weight excluding hydrogens is 360 g/mol. The van der Waals surface area contributed by atoms with Crippen LogP contribution >= 0.6 is 0 Å². The van der Waals surface area contributed by atoms with Crippen LogP contribution in [0.3, 0.4) is 0 Å². The van der Waals surface area contributed by atoms with E-state index in [1.807, 2.05) is 6.92 Å². The highest BCUT2D eigenvalue weighted by molar-refractivity contribution is 5.94. The summed E-state index contributed by atoms with van der Waals surface area (Å²) < 4.78 is 5.52. The number of nitrogens with zero attached hydrogens (tertiary/aromatic N) is 2. The number of rotatable bonds is 7. The van der Waals surface area contributed by atoms with Gasteiger partial charge in [0.15, 0.2) is 0 Å². The fourth-order valence-corrected chi connectivity index (χ4v) is 4.21. The molecule has 1 aromatic carbocycles. The van der Waals surface area contributed by atoms with Gasteiger partial charge in [0.05, 0.1) is 24.2 Å². The maximum Gasteiger partial charge on any atom is 0.269 e. The minimum Gasteiger partial charge on any atom is -0.379 e. The van der Waals surface area contributed by atoms with Gasteiger partial charge in [0, 0.05) is 43.0 Å². The van der Waals surface area contributed by atoms with Crippen LogP contribution in [0.4, 0.5) is 11.4 Å². The molecule has 0 bridgehead atoms. The third-order valence-corrected chi connectivity index (χ3v) is 5.94. The number of nitro groups is 1. The molecule has 28 heavy (non-hydrogen) atoms. The molecule has 1 heterocycles. The van der Waals surface area contributed by atoms with Gasteiger partial charge in [-0.1, -0.05) is 19.3 Å². The van der Waals surface area contributed by atoms with E-state index in [1.165, 1.54) is 31.4 Å². The Morgan fingerprint density at radius 1 is 1.21 bits per heavy atom. The summed E-state index contributed by atoms with van der Waals surface area (Å²) in [5.41, 5.74) is 0.669. The third-order valence-electron chi connectivity index (χ3n) is 5.94. The van der Waals surface area contributed by atoms with Gasteiger partial charge < -0.3 is 15.4 Å². The van der Waals surface area contributed by atoms with E-state index in [0.717, 1.165) is 45.7 Å². The summed E-state index contributed by atoms with van der Waals surface area (Å²) in [6.07, 6.45) is 6.03. The van der Waals surface area contributed by atoms with E-state index in [2.05, 4.69) is 15.5 Å². The molecule has 154 valence electrons. The zero-order valence-electron chi connectivity index (χ0n) is 16.5. The van der Waals surface area contributed by atoms with Crippen molar-refractivity contribution in [2.45, 2.75) is 50.6 Å². The molecule has 8 nitrogen and oxygen atoms in total. The SMILES string of the molecule is CC(NCC1(N2CCOCC2)CCCCC1)C(=O)Nc1ccc([N+](=O)[O-])cc1. The van der Waals surface area contributed by atoms with E-state index in [4.69, 9.17) is 4.74 Å². The lowest BCUT2D eigenvalue weighted by Crippen LogP contribution is -2.60. The molecule has 1 saturated carbocycles. The Morgan fingerprint density at radius 3 is 2.46 bits per heavy atom. The first-order valence-electron chi connectivity index (χ1n) is 10.1. The molecule has 0 radical (unpaired) electrons. The van der Waals surface area contributed by atoms with Crippen molar-refractivity contribution < 1.29 is 14.5 Å². The van der Waals surface area contributed by atoms with Crippen molar-refractivity contribution >= 4 is 17.3 Å². The average molecular weight is 390 g/mol. The molecule has 1 aliphatic heterocycles. The second-order valence-corrected chi connectivity index (χ2v) is 7.78. The van der Waals surface area contributed by atoms with Gasteiger partial charge >= 0.3 is 0 Å². The Kier molecular flexibility index (Phi) is 6.98. The largest absolute Gasteiger partial charge is 0.379 e. The normalized spacial score (nSPS) is 21.0. The van der Waals surface area contributed by atoms with Crippen LogP contribution in [-0.4, -0.2) is 60.2 Å². The summed E-state index contributed by atoms with van der Waals surface area (Å²) in [5.74, 6) is -0.137. The number of carbonyl (C=O) groups excluding carboxylic acids is 1. The zero-order valence-corrected chi connectivity index (χ0v) is 16.5. The van der Waals surface area contributed by atoms with Gasteiger partial charge in [-0.05, 0) is 31.9 Å². The quantitative estimate of drug-likeness (QED) is 0.549. The maximum atomic E-state index is 12.5. The van der Waals surface area contributed by atoms with Gasteiger partial charge in [0.1, 0.15) is 0 Å². The molecular formula is C20H30N4O4. The molecule has 0 aromatic heterocycles. The van der Waals surface area contributed by atoms with Crippen molar-refractivity contribution in [3.05, 3.63) is 34.4 Å². The van der Waals surface area contributed by atoms with Crippen molar-refractivity contribution in [2.75, 3.05) is 38.2 Å². The van der Waals surface area contributed by atoms with Gasteiger partial charge in [0.2, 0.25) is 5.91 Å². The van der Waals surface area contributed by atoms with E-state index >= 15 is 0 Å². The van der Waals surface area contributed by atoms with Gasteiger partial charge in [-0.2, -0.15) is 0 Å². The molecule has 2 N–H and O–H groups in total. The number of anilines is 1. The zero-order chi connectivity index (χ0) is 20.0. The molecule has 0 spiro atoms. The van der Waals surface area contributed by atoms with Crippen LogP contribution in [0.2, 0.25) is 0 Å². The van der Waals surface area contributed by atoms with E-state index in [1.54, 1.807) is 12.1 Å². The van der Waals surface area contributed by atoms with Crippen LogP contribution in [0.25, 0.3) is 0 Å². The summed E-state index contributed by atoms with van der Waals surface area (Å²) in [7, 11) is 0. The second kappa shape index (κ2) is 9.45. The van der Waals surface area contributed by atoms with Crippen molar-refractivity contribution in [2.24, 2.45) is 0 Å². The Morgan fingerprint density at radius 2 is 1.86 bits per heavy atom. The highest BCUT2D eigenvalue weighted by Crippen LogP contribution is 2.34. The Balaban J connectivity index is 1.56. The summed E-state index contributed by atoms with van der Waals surface area (Å²) in [6.45, 7) is 6.09. The topological polar surface area (TPSA) is 96.7 Å². The van der Waals surface area contributed by atoms with E-state index in [0.29, 0.717) is 5.69 Å². The lowest BCUT2D eigenvalue weighted by atomic mass is 9.79. The lowest BCUT2D eigenvalue weighted by molar-refractivity contribution is -0.384. The minimum atomic E-state index is -0.453. The predicted molar refractivity (Wildman–Crippen MR) is 107 cm³/mol. The molecule has 1 unspecified atom stereocenters. The molecule has 2 fully saturated rings. The van der Waals surface area contributed by atoms with Gasteiger partial charge in [0.25, 0.3) is 5.69 Å².